The third-order valence-electron chi connectivity index (χ3n) is 4.90. The van der Waals surface area contributed by atoms with Crippen LogP contribution in [0, 0.1) is 6.92 Å². The van der Waals surface area contributed by atoms with E-state index in [1.165, 1.54) is 12.0 Å². The molecule has 2 aromatic rings. The molecule has 1 N–H and O–H groups in total. The molecule has 0 bridgehead atoms. The van der Waals surface area contributed by atoms with E-state index < -0.39 is 0 Å². The first-order valence-electron chi connectivity index (χ1n) is 9.69. The van der Waals surface area contributed by atoms with Crippen LogP contribution in [0.5, 0.6) is 17.2 Å². The standard InChI is InChI=1S/C23H26N2O5/c1-6-11-25-22(26)20(15-8-10-18(29-4)19(13-15)30-5)21(23(25)27)24-16-12-14(2)7-9-17(16)28-3/h7-10,12-13,24H,6,11H2,1-5H3. The third-order valence-corrected chi connectivity index (χ3v) is 4.90. The fourth-order valence-electron chi connectivity index (χ4n) is 3.43. The van der Waals surface area contributed by atoms with Gasteiger partial charge in [0.1, 0.15) is 11.4 Å². The summed E-state index contributed by atoms with van der Waals surface area (Å²) in [7, 11) is 4.63. The molecule has 0 saturated carbocycles. The van der Waals surface area contributed by atoms with Gasteiger partial charge in [-0.3, -0.25) is 14.5 Å². The van der Waals surface area contributed by atoms with E-state index in [2.05, 4.69) is 5.32 Å². The van der Waals surface area contributed by atoms with Crippen LogP contribution >= 0.6 is 0 Å². The van der Waals surface area contributed by atoms with Crippen molar-refractivity contribution in [3.8, 4) is 17.2 Å². The number of benzene rings is 2. The predicted molar refractivity (Wildman–Crippen MR) is 115 cm³/mol. The van der Waals surface area contributed by atoms with Crippen LogP contribution in [0.25, 0.3) is 5.57 Å². The number of methoxy groups -OCH3 is 3. The lowest BCUT2D eigenvalue weighted by Crippen LogP contribution is -2.33. The average molecular weight is 410 g/mol. The lowest BCUT2D eigenvalue weighted by molar-refractivity contribution is -0.136. The summed E-state index contributed by atoms with van der Waals surface area (Å²) in [6.45, 7) is 4.20. The van der Waals surface area contributed by atoms with Gasteiger partial charge in [0.2, 0.25) is 0 Å². The minimum atomic E-state index is -0.366. The molecular formula is C23H26N2O5. The van der Waals surface area contributed by atoms with Crippen LogP contribution in [0.1, 0.15) is 24.5 Å². The SMILES string of the molecule is CCCN1C(=O)C(Nc2cc(C)ccc2OC)=C(c2ccc(OC)c(OC)c2)C1=O. The Kier molecular flexibility index (Phi) is 6.30. The summed E-state index contributed by atoms with van der Waals surface area (Å²) in [4.78, 5) is 27.6. The maximum atomic E-state index is 13.2. The quantitative estimate of drug-likeness (QED) is 0.670. The highest BCUT2D eigenvalue weighted by Gasteiger charge is 2.39. The molecule has 0 radical (unpaired) electrons. The van der Waals surface area contributed by atoms with Crippen LogP contribution in [0.15, 0.2) is 42.1 Å². The van der Waals surface area contributed by atoms with Crippen LogP contribution in [0.3, 0.4) is 0 Å². The highest BCUT2D eigenvalue weighted by atomic mass is 16.5. The van der Waals surface area contributed by atoms with E-state index in [9.17, 15) is 9.59 Å². The maximum absolute atomic E-state index is 13.2. The summed E-state index contributed by atoms with van der Waals surface area (Å²) >= 11 is 0. The molecule has 0 unspecified atom stereocenters. The molecular weight excluding hydrogens is 384 g/mol. The van der Waals surface area contributed by atoms with Gasteiger partial charge in [-0.25, -0.2) is 0 Å². The van der Waals surface area contributed by atoms with Crippen molar-refractivity contribution in [2.45, 2.75) is 20.3 Å². The van der Waals surface area contributed by atoms with Crippen molar-refractivity contribution >= 4 is 23.1 Å². The van der Waals surface area contributed by atoms with E-state index in [1.54, 1.807) is 32.4 Å². The first kappa shape index (κ1) is 21.2. The Morgan fingerprint density at radius 2 is 1.53 bits per heavy atom. The summed E-state index contributed by atoms with van der Waals surface area (Å²) in [6.07, 6.45) is 0.664. The van der Waals surface area contributed by atoms with E-state index in [0.717, 1.165) is 5.56 Å². The number of rotatable bonds is 8. The second-order valence-electron chi connectivity index (χ2n) is 6.91. The van der Waals surface area contributed by atoms with Crippen LogP contribution in [0.2, 0.25) is 0 Å². The van der Waals surface area contributed by atoms with Crippen molar-refractivity contribution in [3.05, 3.63) is 53.2 Å². The van der Waals surface area contributed by atoms with E-state index >= 15 is 0 Å². The normalized spacial score (nSPS) is 13.7. The number of imide groups is 1. The predicted octanol–water partition coefficient (Wildman–Crippen LogP) is 3.62. The van der Waals surface area contributed by atoms with E-state index in [1.807, 2.05) is 32.0 Å². The van der Waals surface area contributed by atoms with Gasteiger partial charge in [-0.15, -0.1) is 0 Å². The molecule has 1 heterocycles. The van der Waals surface area contributed by atoms with Gasteiger partial charge in [0, 0.05) is 6.54 Å². The first-order valence-corrected chi connectivity index (χ1v) is 9.69. The van der Waals surface area contributed by atoms with Gasteiger partial charge >= 0.3 is 0 Å². The van der Waals surface area contributed by atoms with Gasteiger partial charge in [-0.1, -0.05) is 19.1 Å². The summed E-state index contributed by atoms with van der Waals surface area (Å²) in [5.41, 5.74) is 2.68. The molecule has 0 fully saturated rings. The van der Waals surface area contributed by atoms with Crippen LogP contribution < -0.4 is 19.5 Å². The fourth-order valence-corrected chi connectivity index (χ4v) is 3.43. The average Bonchev–Trinajstić information content (AvgIpc) is 2.98. The Labute approximate surface area is 176 Å². The number of ether oxygens (including phenoxy) is 3. The molecule has 0 aliphatic carbocycles. The van der Waals surface area contributed by atoms with Crippen molar-refractivity contribution in [1.29, 1.82) is 0 Å². The zero-order valence-electron chi connectivity index (χ0n) is 17.9. The highest BCUT2D eigenvalue weighted by molar-refractivity contribution is 6.36. The first-order chi connectivity index (χ1) is 14.4. The fraction of sp³-hybridized carbons (Fsp3) is 0.304. The number of carbonyl (C=O) groups is 2. The highest BCUT2D eigenvalue weighted by Crippen LogP contribution is 2.37. The van der Waals surface area contributed by atoms with E-state index in [0.29, 0.717) is 41.5 Å². The minimum Gasteiger partial charge on any atom is -0.495 e. The molecule has 0 aromatic heterocycles. The molecule has 1 aliphatic heterocycles. The van der Waals surface area contributed by atoms with Crippen molar-refractivity contribution in [1.82, 2.24) is 4.90 Å². The van der Waals surface area contributed by atoms with Crippen molar-refractivity contribution in [2.24, 2.45) is 0 Å². The minimum absolute atomic E-state index is 0.213. The number of anilines is 1. The monoisotopic (exact) mass is 410 g/mol. The Morgan fingerprint density at radius 1 is 0.867 bits per heavy atom. The Bertz CT molecular complexity index is 1010. The maximum Gasteiger partial charge on any atom is 0.278 e. The Balaban J connectivity index is 2.15. The molecule has 2 amide bonds. The van der Waals surface area contributed by atoms with E-state index in [4.69, 9.17) is 14.2 Å². The van der Waals surface area contributed by atoms with Gasteiger partial charge in [-0.2, -0.15) is 0 Å². The lowest BCUT2D eigenvalue weighted by Gasteiger charge is -2.15. The molecule has 0 spiro atoms. The summed E-state index contributed by atoms with van der Waals surface area (Å²) in [6, 6.07) is 10.8. The van der Waals surface area contributed by atoms with Gasteiger partial charge in [0.15, 0.2) is 11.5 Å². The molecule has 0 atom stereocenters. The summed E-state index contributed by atoms with van der Waals surface area (Å²) in [5.74, 6) is 0.885. The number of nitrogens with one attached hydrogen (secondary N) is 1. The number of aryl methyl sites for hydroxylation is 1. The van der Waals surface area contributed by atoms with Crippen LogP contribution in [0.4, 0.5) is 5.69 Å². The summed E-state index contributed by atoms with van der Waals surface area (Å²) in [5, 5.41) is 3.15. The third kappa shape index (κ3) is 3.83. The molecule has 7 heteroatoms. The van der Waals surface area contributed by atoms with Gasteiger partial charge < -0.3 is 19.5 Å². The van der Waals surface area contributed by atoms with Crippen molar-refractivity contribution < 1.29 is 23.8 Å². The smallest absolute Gasteiger partial charge is 0.278 e. The van der Waals surface area contributed by atoms with Crippen LogP contribution in [-0.4, -0.2) is 44.6 Å². The molecule has 30 heavy (non-hydrogen) atoms. The lowest BCUT2D eigenvalue weighted by atomic mass is 10.0. The largest absolute Gasteiger partial charge is 0.495 e. The Hall–Kier alpha value is -3.48. The Morgan fingerprint density at radius 3 is 2.17 bits per heavy atom. The summed E-state index contributed by atoms with van der Waals surface area (Å²) < 4.78 is 16.1. The number of hydrogen-bond donors (Lipinski definition) is 1. The molecule has 7 nitrogen and oxygen atoms in total. The molecule has 1 aliphatic rings. The zero-order chi connectivity index (χ0) is 21.8. The molecule has 3 rings (SSSR count). The number of amides is 2. The van der Waals surface area contributed by atoms with Crippen LogP contribution in [-0.2, 0) is 9.59 Å². The van der Waals surface area contributed by atoms with Crippen molar-refractivity contribution in [3.63, 3.8) is 0 Å². The second kappa shape index (κ2) is 8.90. The van der Waals surface area contributed by atoms with E-state index in [-0.39, 0.29) is 23.1 Å². The molecule has 2 aromatic carbocycles. The van der Waals surface area contributed by atoms with Crippen molar-refractivity contribution in [2.75, 3.05) is 33.2 Å². The zero-order valence-corrected chi connectivity index (χ0v) is 17.9. The number of nitrogens with zero attached hydrogens (tertiary/aromatic N) is 1. The van der Waals surface area contributed by atoms with Gasteiger partial charge in [0.25, 0.3) is 11.8 Å². The number of hydrogen-bond acceptors (Lipinski definition) is 6. The van der Waals surface area contributed by atoms with Gasteiger partial charge in [0.05, 0.1) is 32.6 Å². The molecule has 0 saturated heterocycles. The second-order valence-corrected chi connectivity index (χ2v) is 6.91. The number of carbonyl (C=O) groups excluding carboxylic acids is 2. The molecule has 158 valence electrons. The van der Waals surface area contributed by atoms with Gasteiger partial charge in [-0.05, 0) is 48.7 Å². The topological polar surface area (TPSA) is 77.1 Å².